The quantitative estimate of drug-likeness (QED) is 0.862. The second-order valence-electron chi connectivity index (χ2n) is 4.46. The van der Waals surface area contributed by atoms with E-state index in [4.69, 9.17) is 0 Å². The lowest BCUT2D eigenvalue weighted by Gasteiger charge is -2.04. The Morgan fingerprint density at radius 3 is 2.52 bits per heavy atom. The normalized spacial score (nSPS) is 10.4. The van der Waals surface area contributed by atoms with Crippen molar-refractivity contribution >= 4 is 23.0 Å². The van der Waals surface area contributed by atoms with Gasteiger partial charge in [0.25, 0.3) is 5.91 Å². The SMILES string of the molecule is CC(=O)c1ccc(CCNC(=O)c2ccc(F)c(F)c2)s1. The first kappa shape index (κ1) is 15.3. The molecule has 21 heavy (non-hydrogen) atoms. The summed E-state index contributed by atoms with van der Waals surface area (Å²) in [5.74, 6) is -2.48. The van der Waals surface area contributed by atoms with Gasteiger partial charge >= 0.3 is 0 Å². The first-order valence-electron chi connectivity index (χ1n) is 6.30. The first-order valence-corrected chi connectivity index (χ1v) is 7.12. The van der Waals surface area contributed by atoms with Gasteiger partial charge < -0.3 is 5.32 Å². The molecule has 0 aliphatic heterocycles. The van der Waals surface area contributed by atoms with Crippen LogP contribution < -0.4 is 5.32 Å². The molecule has 0 bridgehead atoms. The summed E-state index contributed by atoms with van der Waals surface area (Å²) >= 11 is 1.38. The molecule has 1 aromatic heterocycles. The summed E-state index contributed by atoms with van der Waals surface area (Å²) in [6.07, 6.45) is 0.577. The minimum absolute atomic E-state index is 0.0112. The number of nitrogens with one attached hydrogen (secondary N) is 1. The number of hydrogen-bond donors (Lipinski definition) is 1. The minimum atomic E-state index is -1.05. The summed E-state index contributed by atoms with van der Waals surface area (Å²) in [7, 11) is 0. The van der Waals surface area contributed by atoms with Gasteiger partial charge in [0.2, 0.25) is 0 Å². The van der Waals surface area contributed by atoms with Gasteiger partial charge in [0.05, 0.1) is 4.88 Å². The van der Waals surface area contributed by atoms with Crippen LogP contribution >= 0.6 is 11.3 Å². The van der Waals surface area contributed by atoms with Gasteiger partial charge in [0.15, 0.2) is 17.4 Å². The van der Waals surface area contributed by atoms with E-state index in [0.717, 1.165) is 17.0 Å². The van der Waals surface area contributed by atoms with Crippen LogP contribution in [0.15, 0.2) is 30.3 Å². The fourth-order valence-corrected chi connectivity index (χ4v) is 2.64. The molecule has 6 heteroatoms. The Hall–Kier alpha value is -2.08. The molecule has 0 atom stereocenters. The second-order valence-corrected chi connectivity index (χ2v) is 5.63. The number of benzene rings is 1. The highest BCUT2D eigenvalue weighted by Crippen LogP contribution is 2.17. The highest BCUT2D eigenvalue weighted by atomic mass is 32.1. The van der Waals surface area contributed by atoms with E-state index in [0.29, 0.717) is 17.8 Å². The number of halogens is 2. The number of ketones is 1. The van der Waals surface area contributed by atoms with Gasteiger partial charge in [0.1, 0.15) is 0 Å². The minimum Gasteiger partial charge on any atom is -0.352 e. The second kappa shape index (κ2) is 6.58. The number of hydrogen-bond acceptors (Lipinski definition) is 3. The highest BCUT2D eigenvalue weighted by molar-refractivity contribution is 7.14. The molecule has 0 aliphatic carbocycles. The van der Waals surface area contributed by atoms with Crippen molar-refractivity contribution < 1.29 is 18.4 Å². The largest absolute Gasteiger partial charge is 0.352 e. The molecule has 110 valence electrons. The lowest BCUT2D eigenvalue weighted by Crippen LogP contribution is -2.25. The molecule has 2 rings (SSSR count). The van der Waals surface area contributed by atoms with Gasteiger partial charge in [-0.1, -0.05) is 0 Å². The van der Waals surface area contributed by atoms with Crippen molar-refractivity contribution in [3.05, 3.63) is 57.3 Å². The fraction of sp³-hybridized carbons (Fsp3) is 0.200. The van der Waals surface area contributed by atoms with Gasteiger partial charge in [-0.05, 0) is 43.7 Å². The maximum atomic E-state index is 13.0. The molecule has 3 nitrogen and oxygen atoms in total. The zero-order valence-corrected chi connectivity index (χ0v) is 12.1. The third kappa shape index (κ3) is 3.95. The van der Waals surface area contributed by atoms with Crippen molar-refractivity contribution in [2.45, 2.75) is 13.3 Å². The summed E-state index contributed by atoms with van der Waals surface area (Å²) in [4.78, 5) is 24.6. The van der Waals surface area contributed by atoms with E-state index in [1.807, 2.05) is 6.07 Å². The Labute approximate surface area is 124 Å². The third-order valence-electron chi connectivity index (χ3n) is 2.85. The van der Waals surface area contributed by atoms with Gasteiger partial charge in [0, 0.05) is 17.0 Å². The number of rotatable bonds is 5. The lowest BCUT2D eigenvalue weighted by atomic mass is 10.2. The van der Waals surface area contributed by atoms with Crippen molar-refractivity contribution in [2.75, 3.05) is 6.54 Å². The van der Waals surface area contributed by atoms with Crippen molar-refractivity contribution in [3.63, 3.8) is 0 Å². The average molecular weight is 309 g/mol. The van der Waals surface area contributed by atoms with Crippen molar-refractivity contribution in [2.24, 2.45) is 0 Å². The molecule has 0 radical (unpaired) electrons. The van der Waals surface area contributed by atoms with Crippen LogP contribution in [-0.2, 0) is 6.42 Å². The monoisotopic (exact) mass is 309 g/mol. The molecule has 1 aromatic carbocycles. The summed E-state index contributed by atoms with van der Waals surface area (Å²) in [6, 6.07) is 6.60. The lowest BCUT2D eigenvalue weighted by molar-refractivity contribution is 0.0952. The molecular weight excluding hydrogens is 296 g/mol. The number of carbonyl (C=O) groups excluding carboxylic acids is 2. The predicted octanol–water partition coefficient (Wildman–Crippen LogP) is 3.20. The van der Waals surface area contributed by atoms with E-state index in [1.54, 1.807) is 6.07 Å². The molecule has 0 saturated carbocycles. The van der Waals surface area contributed by atoms with Gasteiger partial charge in [-0.25, -0.2) is 8.78 Å². The molecule has 0 aliphatic rings. The van der Waals surface area contributed by atoms with Crippen molar-refractivity contribution in [3.8, 4) is 0 Å². The van der Waals surface area contributed by atoms with Crippen LogP contribution in [0.2, 0.25) is 0 Å². The van der Waals surface area contributed by atoms with Gasteiger partial charge in [-0.15, -0.1) is 11.3 Å². The van der Waals surface area contributed by atoms with Crippen molar-refractivity contribution in [1.29, 1.82) is 0 Å². The zero-order valence-electron chi connectivity index (χ0n) is 11.3. The number of Topliss-reactive ketones (excluding diaryl/α,β-unsaturated/α-hetero) is 1. The van der Waals surface area contributed by atoms with E-state index in [1.165, 1.54) is 24.3 Å². The van der Waals surface area contributed by atoms with E-state index < -0.39 is 17.5 Å². The summed E-state index contributed by atoms with van der Waals surface area (Å²) in [6.45, 7) is 1.86. The van der Waals surface area contributed by atoms with Gasteiger partial charge in [-0.3, -0.25) is 9.59 Å². The summed E-state index contributed by atoms with van der Waals surface area (Å²) in [5.41, 5.74) is 0.0736. The van der Waals surface area contributed by atoms with Crippen LogP contribution in [0.1, 0.15) is 31.8 Å². The smallest absolute Gasteiger partial charge is 0.251 e. The molecule has 1 N–H and O–H groups in total. The molecule has 0 saturated heterocycles. The maximum absolute atomic E-state index is 13.0. The van der Waals surface area contributed by atoms with Crippen LogP contribution in [0.3, 0.4) is 0 Å². The van der Waals surface area contributed by atoms with Crippen LogP contribution in [-0.4, -0.2) is 18.2 Å². The topological polar surface area (TPSA) is 46.2 Å². The molecule has 1 heterocycles. The van der Waals surface area contributed by atoms with Crippen LogP contribution in [0.5, 0.6) is 0 Å². The maximum Gasteiger partial charge on any atom is 0.251 e. The van der Waals surface area contributed by atoms with E-state index in [2.05, 4.69) is 5.32 Å². The average Bonchev–Trinajstić information content (AvgIpc) is 2.91. The Kier molecular flexibility index (Phi) is 4.80. The summed E-state index contributed by atoms with van der Waals surface area (Å²) in [5, 5.41) is 2.63. The number of carbonyl (C=O) groups is 2. The fourth-order valence-electron chi connectivity index (χ4n) is 1.74. The van der Waals surface area contributed by atoms with Crippen LogP contribution in [0.4, 0.5) is 8.78 Å². The van der Waals surface area contributed by atoms with E-state index in [-0.39, 0.29) is 11.3 Å². The van der Waals surface area contributed by atoms with Crippen LogP contribution in [0, 0.1) is 11.6 Å². The Morgan fingerprint density at radius 2 is 1.90 bits per heavy atom. The number of thiophene rings is 1. The highest BCUT2D eigenvalue weighted by Gasteiger charge is 2.10. The molecule has 0 spiro atoms. The summed E-state index contributed by atoms with van der Waals surface area (Å²) < 4.78 is 25.8. The molecule has 0 unspecified atom stereocenters. The molecule has 1 amide bonds. The van der Waals surface area contributed by atoms with Crippen molar-refractivity contribution in [1.82, 2.24) is 5.32 Å². The standard InChI is InChI=1S/C15H13F2NO2S/c1-9(19)14-5-3-11(21-14)6-7-18-15(20)10-2-4-12(16)13(17)8-10/h2-5,8H,6-7H2,1H3,(H,18,20). The number of amides is 1. The van der Waals surface area contributed by atoms with Gasteiger partial charge in [-0.2, -0.15) is 0 Å². The molecule has 2 aromatic rings. The predicted molar refractivity (Wildman–Crippen MR) is 76.7 cm³/mol. The molecule has 0 fully saturated rings. The Balaban J connectivity index is 1.88. The third-order valence-corrected chi connectivity index (χ3v) is 4.09. The molecular formula is C15H13F2NO2S. The Bertz CT molecular complexity index is 682. The van der Waals surface area contributed by atoms with E-state index >= 15 is 0 Å². The zero-order chi connectivity index (χ0) is 15.4. The Morgan fingerprint density at radius 1 is 1.14 bits per heavy atom. The van der Waals surface area contributed by atoms with E-state index in [9.17, 15) is 18.4 Å². The van der Waals surface area contributed by atoms with Crippen LogP contribution in [0.25, 0.3) is 0 Å². The first-order chi connectivity index (χ1) is 9.97.